The summed E-state index contributed by atoms with van der Waals surface area (Å²) in [5, 5.41) is 0. The van der Waals surface area contributed by atoms with E-state index in [4.69, 9.17) is 16.2 Å². The lowest BCUT2D eigenvalue weighted by Gasteiger charge is -2.07. The van der Waals surface area contributed by atoms with Crippen LogP contribution in [0.3, 0.4) is 0 Å². The van der Waals surface area contributed by atoms with Crippen LogP contribution in [-0.2, 0) is 4.74 Å². The summed E-state index contributed by atoms with van der Waals surface area (Å²) >= 11 is 0. The van der Waals surface area contributed by atoms with E-state index in [-0.39, 0.29) is 17.7 Å². The number of benzene rings is 1. The van der Waals surface area contributed by atoms with Crippen LogP contribution in [0.5, 0.6) is 0 Å². The van der Waals surface area contributed by atoms with Crippen molar-refractivity contribution in [2.24, 2.45) is 0 Å². The summed E-state index contributed by atoms with van der Waals surface area (Å²) in [5.74, 6) is -0.114. The van der Waals surface area contributed by atoms with E-state index in [0.717, 1.165) is 17.6 Å². The number of nitrogen functional groups attached to an aromatic ring is 2. The fourth-order valence-electron chi connectivity index (χ4n) is 2.54. The number of hydrogen-bond donors (Lipinski definition) is 2. The Hall–Kier alpha value is -3.55. The first kappa shape index (κ1) is 17.3. The third-order valence-corrected chi connectivity index (χ3v) is 3.85. The first-order valence-electron chi connectivity index (χ1n) is 7.97. The van der Waals surface area contributed by atoms with E-state index >= 15 is 0 Å². The molecule has 26 heavy (non-hydrogen) atoms. The minimum Gasteiger partial charge on any atom is -0.465 e. The summed E-state index contributed by atoms with van der Waals surface area (Å²) in [6.45, 7) is 2.03. The topological polar surface area (TPSA) is 130 Å². The molecule has 0 saturated heterocycles. The van der Waals surface area contributed by atoms with Crippen molar-refractivity contribution >= 4 is 40.5 Å². The number of rotatable bonds is 4. The molecule has 0 radical (unpaired) electrons. The summed E-state index contributed by atoms with van der Waals surface area (Å²) in [6.07, 6.45) is 4.28. The lowest BCUT2D eigenvalue weighted by molar-refractivity contribution is 0.0600. The van der Waals surface area contributed by atoms with Crippen LogP contribution in [0.4, 0.5) is 11.8 Å². The van der Waals surface area contributed by atoms with Gasteiger partial charge in [-0.15, -0.1) is 0 Å². The van der Waals surface area contributed by atoms with Crippen LogP contribution in [0.15, 0.2) is 30.5 Å². The molecule has 4 N–H and O–H groups in total. The summed E-state index contributed by atoms with van der Waals surface area (Å²) < 4.78 is 4.71. The van der Waals surface area contributed by atoms with E-state index in [0.29, 0.717) is 22.4 Å². The Morgan fingerprint density at radius 1 is 1.12 bits per heavy atom. The van der Waals surface area contributed by atoms with Crippen molar-refractivity contribution in [3.8, 4) is 0 Å². The van der Waals surface area contributed by atoms with Crippen molar-refractivity contribution in [3.05, 3.63) is 47.3 Å². The number of hydrogen-bond acceptors (Lipinski definition) is 8. The van der Waals surface area contributed by atoms with Crippen LogP contribution in [0.2, 0.25) is 0 Å². The number of aromatic nitrogens is 4. The minimum absolute atomic E-state index is 0.0625. The van der Waals surface area contributed by atoms with Crippen LogP contribution >= 0.6 is 0 Å². The normalized spacial score (nSPS) is 11.5. The highest BCUT2D eigenvalue weighted by Crippen LogP contribution is 2.23. The summed E-state index contributed by atoms with van der Waals surface area (Å²) in [5.41, 5.74) is 15.3. The van der Waals surface area contributed by atoms with Gasteiger partial charge in [0.25, 0.3) is 0 Å². The van der Waals surface area contributed by atoms with Gasteiger partial charge in [-0.25, -0.2) is 14.8 Å². The van der Waals surface area contributed by atoms with Crippen LogP contribution in [-0.4, -0.2) is 33.0 Å². The van der Waals surface area contributed by atoms with Crippen molar-refractivity contribution in [3.63, 3.8) is 0 Å². The van der Waals surface area contributed by atoms with Gasteiger partial charge in [0.05, 0.1) is 24.6 Å². The van der Waals surface area contributed by atoms with Gasteiger partial charge < -0.3 is 16.2 Å². The van der Waals surface area contributed by atoms with Gasteiger partial charge in [-0.2, -0.15) is 9.97 Å². The average Bonchev–Trinajstić information content (AvgIpc) is 2.66. The predicted octanol–water partition coefficient (Wildman–Crippen LogP) is 2.32. The first-order valence-corrected chi connectivity index (χ1v) is 7.97. The summed E-state index contributed by atoms with van der Waals surface area (Å²) in [6, 6.07) is 7.19. The van der Waals surface area contributed by atoms with Crippen molar-refractivity contribution in [2.75, 3.05) is 18.6 Å². The van der Waals surface area contributed by atoms with Gasteiger partial charge in [0.1, 0.15) is 0 Å². The molecule has 0 aliphatic rings. The fourth-order valence-corrected chi connectivity index (χ4v) is 2.54. The maximum absolute atomic E-state index is 11.5. The number of allylic oxidation sites excluding steroid dienone is 1. The fraction of sp³-hybridized carbons (Fsp3) is 0.167. The number of anilines is 2. The third kappa shape index (κ3) is 3.44. The molecule has 0 amide bonds. The molecule has 0 fully saturated rings. The Kier molecular flexibility index (Phi) is 4.74. The second-order valence-corrected chi connectivity index (χ2v) is 5.53. The zero-order valence-corrected chi connectivity index (χ0v) is 14.4. The Bertz CT molecular complexity index is 998. The van der Waals surface area contributed by atoms with Crippen LogP contribution in [0.1, 0.15) is 35.0 Å². The van der Waals surface area contributed by atoms with E-state index in [1.54, 1.807) is 18.3 Å². The van der Waals surface area contributed by atoms with Gasteiger partial charge >= 0.3 is 5.97 Å². The van der Waals surface area contributed by atoms with E-state index in [2.05, 4.69) is 19.9 Å². The van der Waals surface area contributed by atoms with Gasteiger partial charge in [-0.3, -0.25) is 0 Å². The average molecular weight is 350 g/mol. The number of nitrogens with zero attached hydrogens (tertiary/aromatic N) is 4. The number of esters is 1. The molecule has 0 aliphatic heterocycles. The SMILES string of the molecule is CCC(=Cc1cnc2nc(N)nc(N)c2n1)c1ccc(C(=O)OC)cc1. The zero-order valence-electron chi connectivity index (χ0n) is 14.4. The molecule has 2 heterocycles. The number of methoxy groups -OCH3 is 1. The van der Waals surface area contributed by atoms with Crippen LogP contribution in [0.25, 0.3) is 22.8 Å². The molecular formula is C18H18N6O2. The molecule has 2 aromatic heterocycles. The quantitative estimate of drug-likeness (QED) is 0.686. The van der Waals surface area contributed by atoms with Gasteiger partial charge in [0, 0.05) is 0 Å². The molecule has 3 aromatic rings. The Morgan fingerprint density at radius 2 is 1.81 bits per heavy atom. The predicted molar refractivity (Wildman–Crippen MR) is 99.9 cm³/mol. The lowest BCUT2D eigenvalue weighted by Crippen LogP contribution is -2.03. The van der Waals surface area contributed by atoms with Crippen LogP contribution < -0.4 is 11.5 Å². The summed E-state index contributed by atoms with van der Waals surface area (Å²) in [7, 11) is 1.36. The first-order chi connectivity index (χ1) is 12.5. The highest BCUT2D eigenvalue weighted by atomic mass is 16.5. The molecular weight excluding hydrogens is 332 g/mol. The minimum atomic E-state index is -0.367. The number of carbonyl (C=O) groups is 1. The summed E-state index contributed by atoms with van der Waals surface area (Å²) in [4.78, 5) is 28.2. The molecule has 0 spiro atoms. The van der Waals surface area contributed by atoms with Gasteiger partial charge in [0.15, 0.2) is 17.0 Å². The Balaban J connectivity index is 1.98. The lowest BCUT2D eigenvalue weighted by atomic mass is 10.0. The standard InChI is InChI=1S/C18H18N6O2/c1-3-10(11-4-6-12(7-5-11)17(25)26-2)8-13-9-21-16-14(22-13)15(19)23-18(20)24-16/h4-9H,3H2,1-2H3,(H4,19,20,21,23,24). The maximum atomic E-state index is 11.5. The number of fused-ring (bicyclic) bond motifs is 1. The van der Waals surface area contributed by atoms with Crippen LogP contribution in [0, 0.1) is 0 Å². The smallest absolute Gasteiger partial charge is 0.337 e. The molecule has 0 aliphatic carbocycles. The molecule has 0 atom stereocenters. The van der Waals surface area contributed by atoms with E-state index < -0.39 is 0 Å². The molecule has 132 valence electrons. The van der Waals surface area contributed by atoms with Gasteiger partial charge in [0.2, 0.25) is 5.95 Å². The van der Waals surface area contributed by atoms with E-state index in [1.807, 2.05) is 25.1 Å². The second kappa shape index (κ2) is 7.14. The molecule has 1 aromatic carbocycles. The number of carbonyl (C=O) groups excluding carboxylic acids is 1. The Labute approximate surface area is 150 Å². The number of nitrogens with two attached hydrogens (primary N) is 2. The molecule has 0 saturated carbocycles. The van der Waals surface area contributed by atoms with E-state index in [1.165, 1.54) is 7.11 Å². The second-order valence-electron chi connectivity index (χ2n) is 5.53. The largest absolute Gasteiger partial charge is 0.465 e. The Morgan fingerprint density at radius 3 is 2.46 bits per heavy atom. The number of ether oxygens (including phenoxy) is 1. The molecule has 3 rings (SSSR count). The monoisotopic (exact) mass is 350 g/mol. The van der Waals surface area contributed by atoms with Crippen molar-refractivity contribution in [2.45, 2.75) is 13.3 Å². The zero-order chi connectivity index (χ0) is 18.7. The van der Waals surface area contributed by atoms with Crippen molar-refractivity contribution in [1.82, 2.24) is 19.9 Å². The molecule has 8 heteroatoms. The maximum Gasteiger partial charge on any atom is 0.337 e. The van der Waals surface area contributed by atoms with Gasteiger partial charge in [-0.05, 0) is 35.8 Å². The molecule has 8 nitrogen and oxygen atoms in total. The highest BCUT2D eigenvalue weighted by Gasteiger charge is 2.09. The van der Waals surface area contributed by atoms with E-state index in [9.17, 15) is 4.79 Å². The molecule has 0 bridgehead atoms. The highest BCUT2D eigenvalue weighted by molar-refractivity contribution is 5.90. The van der Waals surface area contributed by atoms with Gasteiger partial charge in [-0.1, -0.05) is 19.1 Å². The molecule has 0 unspecified atom stereocenters. The third-order valence-electron chi connectivity index (χ3n) is 3.85. The van der Waals surface area contributed by atoms with Crippen molar-refractivity contribution in [1.29, 1.82) is 0 Å². The van der Waals surface area contributed by atoms with Crippen molar-refractivity contribution < 1.29 is 9.53 Å².